The fourth-order valence-corrected chi connectivity index (χ4v) is 2.92. The number of aryl methyl sites for hydroxylation is 1. The van der Waals surface area contributed by atoms with Gasteiger partial charge in [-0.05, 0) is 30.5 Å². The first kappa shape index (κ1) is 14.2. The molecule has 1 aromatic heterocycles. The fourth-order valence-electron chi connectivity index (χ4n) is 2.51. The first-order chi connectivity index (χ1) is 10.1. The predicted octanol–water partition coefficient (Wildman–Crippen LogP) is 3.17. The monoisotopic (exact) mass is 347 g/mol. The number of amides is 1. The molecule has 1 amide bonds. The van der Waals surface area contributed by atoms with Crippen LogP contribution in [0.5, 0.6) is 0 Å². The molecular weight excluding hydrogens is 330 g/mol. The standard InChI is InChI=1S/C16H18BrN3O/c1-19-10-12(18)8-15(19)16(21)20(13-6-7-13)9-11-4-2-3-5-14(11)17/h2-5,8,10,13H,6-7,9,18H2,1H3. The number of aromatic nitrogens is 1. The highest BCUT2D eigenvalue weighted by Crippen LogP contribution is 2.31. The molecule has 2 N–H and O–H groups in total. The largest absolute Gasteiger partial charge is 0.397 e. The molecule has 1 aromatic carbocycles. The highest BCUT2D eigenvalue weighted by Gasteiger charge is 2.34. The Labute approximate surface area is 132 Å². The van der Waals surface area contributed by atoms with Gasteiger partial charge in [-0.1, -0.05) is 34.1 Å². The molecule has 0 saturated heterocycles. The number of nitrogen functional groups attached to an aromatic ring is 1. The van der Waals surface area contributed by atoms with Gasteiger partial charge in [0.2, 0.25) is 0 Å². The number of benzene rings is 1. The lowest BCUT2D eigenvalue weighted by molar-refractivity contribution is 0.0720. The Morgan fingerprint density at radius 2 is 2.14 bits per heavy atom. The van der Waals surface area contributed by atoms with Crippen LogP contribution in [-0.2, 0) is 13.6 Å². The van der Waals surface area contributed by atoms with Crippen LogP contribution < -0.4 is 5.73 Å². The van der Waals surface area contributed by atoms with Crippen molar-refractivity contribution < 1.29 is 4.79 Å². The van der Waals surface area contributed by atoms with Crippen LogP contribution in [0.2, 0.25) is 0 Å². The van der Waals surface area contributed by atoms with E-state index >= 15 is 0 Å². The van der Waals surface area contributed by atoms with Gasteiger partial charge < -0.3 is 15.2 Å². The number of carbonyl (C=O) groups is 1. The SMILES string of the molecule is Cn1cc(N)cc1C(=O)N(Cc1ccccc1Br)C1CC1. The van der Waals surface area contributed by atoms with Crippen molar-refractivity contribution in [2.24, 2.45) is 7.05 Å². The van der Waals surface area contributed by atoms with E-state index in [1.54, 1.807) is 16.8 Å². The molecule has 1 aliphatic carbocycles. The van der Waals surface area contributed by atoms with Gasteiger partial charge >= 0.3 is 0 Å². The third-order valence-electron chi connectivity index (χ3n) is 3.79. The molecular formula is C16H18BrN3O. The average molecular weight is 348 g/mol. The number of hydrogen-bond acceptors (Lipinski definition) is 2. The Kier molecular flexibility index (Phi) is 3.76. The maximum absolute atomic E-state index is 12.8. The fraction of sp³-hybridized carbons (Fsp3) is 0.312. The molecule has 2 aromatic rings. The Morgan fingerprint density at radius 3 is 2.71 bits per heavy atom. The Balaban J connectivity index is 1.87. The molecule has 1 aliphatic rings. The summed E-state index contributed by atoms with van der Waals surface area (Å²) >= 11 is 3.56. The van der Waals surface area contributed by atoms with Crippen LogP contribution >= 0.6 is 15.9 Å². The summed E-state index contributed by atoms with van der Waals surface area (Å²) in [6.45, 7) is 0.621. The van der Waals surface area contributed by atoms with E-state index in [-0.39, 0.29) is 5.91 Å². The molecule has 4 nitrogen and oxygen atoms in total. The smallest absolute Gasteiger partial charge is 0.271 e. The number of nitrogens with zero attached hydrogens (tertiary/aromatic N) is 2. The lowest BCUT2D eigenvalue weighted by Gasteiger charge is -2.23. The summed E-state index contributed by atoms with van der Waals surface area (Å²) < 4.78 is 2.84. The van der Waals surface area contributed by atoms with Crippen LogP contribution in [0.25, 0.3) is 0 Å². The summed E-state index contributed by atoms with van der Waals surface area (Å²) in [5, 5.41) is 0. The predicted molar refractivity (Wildman–Crippen MR) is 86.9 cm³/mol. The summed E-state index contributed by atoms with van der Waals surface area (Å²) in [4.78, 5) is 14.8. The molecule has 0 unspecified atom stereocenters. The quantitative estimate of drug-likeness (QED) is 0.923. The minimum atomic E-state index is 0.0486. The Hall–Kier alpha value is -1.75. The van der Waals surface area contributed by atoms with Gasteiger partial charge in [-0.15, -0.1) is 0 Å². The van der Waals surface area contributed by atoms with E-state index < -0.39 is 0 Å². The molecule has 0 aliphatic heterocycles. The zero-order valence-corrected chi connectivity index (χ0v) is 13.5. The molecule has 1 heterocycles. The molecule has 1 saturated carbocycles. The van der Waals surface area contributed by atoms with E-state index in [1.807, 2.05) is 36.2 Å². The summed E-state index contributed by atoms with van der Waals surface area (Å²) in [5.74, 6) is 0.0486. The first-order valence-electron chi connectivity index (χ1n) is 7.02. The minimum absolute atomic E-state index is 0.0486. The highest BCUT2D eigenvalue weighted by molar-refractivity contribution is 9.10. The second-order valence-electron chi connectivity index (χ2n) is 5.53. The second-order valence-corrected chi connectivity index (χ2v) is 6.38. The van der Waals surface area contributed by atoms with Gasteiger partial charge in [0.05, 0.1) is 5.69 Å². The molecule has 0 radical (unpaired) electrons. The van der Waals surface area contributed by atoms with Crippen molar-refractivity contribution in [3.63, 3.8) is 0 Å². The van der Waals surface area contributed by atoms with Gasteiger partial charge in [0.25, 0.3) is 5.91 Å². The number of rotatable bonds is 4. The Bertz CT molecular complexity index is 676. The van der Waals surface area contributed by atoms with Gasteiger partial charge in [-0.3, -0.25) is 4.79 Å². The highest BCUT2D eigenvalue weighted by atomic mass is 79.9. The number of anilines is 1. The van der Waals surface area contributed by atoms with Crippen LogP contribution in [0.15, 0.2) is 41.0 Å². The van der Waals surface area contributed by atoms with Crippen LogP contribution in [-0.4, -0.2) is 21.4 Å². The number of halogens is 1. The lowest BCUT2D eigenvalue weighted by atomic mass is 10.2. The van der Waals surface area contributed by atoms with Crippen LogP contribution in [0.4, 0.5) is 5.69 Å². The van der Waals surface area contributed by atoms with Crippen molar-refractivity contribution >= 4 is 27.5 Å². The van der Waals surface area contributed by atoms with Crippen molar-refractivity contribution in [2.75, 3.05) is 5.73 Å². The second kappa shape index (κ2) is 5.56. The van der Waals surface area contributed by atoms with E-state index in [0.29, 0.717) is 24.0 Å². The molecule has 110 valence electrons. The van der Waals surface area contributed by atoms with Crippen molar-refractivity contribution in [2.45, 2.75) is 25.4 Å². The molecule has 0 bridgehead atoms. The number of nitrogens with two attached hydrogens (primary N) is 1. The van der Waals surface area contributed by atoms with Crippen LogP contribution in [0, 0.1) is 0 Å². The summed E-state index contributed by atoms with van der Waals surface area (Å²) in [6, 6.07) is 10.1. The Morgan fingerprint density at radius 1 is 1.43 bits per heavy atom. The zero-order chi connectivity index (χ0) is 15.0. The van der Waals surface area contributed by atoms with E-state index in [9.17, 15) is 4.79 Å². The topological polar surface area (TPSA) is 51.3 Å². The normalized spacial score (nSPS) is 14.2. The van der Waals surface area contributed by atoms with Crippen molar-refractivity contribution in [1.29, 1.82) is 0 Å². The molecule has 21 heavy (non-hydrogen) atoms. The van der Waals surface area contributed by atoms with E-state index in [1.165, 1.54) is 0 Å². The van der Waals surface area contributed by atoms with Crippen LogP contribution in [0.1, 0.15) is 28.9 Å². The van der Waals surface area contributed by atoms with Gasteiger partial charge in [0.15, 0.2) is 0 Å². The van der Waals surface area contributed by atoms with Crippen LogP contribution in [0.3, 0.4) is 0 Å². The summed E-state index contributed by atoms with van der Waals surface area (Å²) in [7, 11) is 1.85. The van der Waals surface area contributed by atoms with E-state index in [0.717, 1.165) is 22.9 Å². The average Bonchev–Trinajstić information content (AvgIpc) is 3.22. The lowest BCUT2D eigenvalue weighted by Crippen LogP contribution is -2.33. The molecule has 3 rings (SSSR count). The van der Waals surface area contributed by atoms with Crippen molar-refractivity contribution in [3.05, 3.63) is 52.3 Å². The maximum atomic E-state index is 12.8. The van der Waals surface area contributed by atoms with E-state index in [2.05, 4.69) is 15.9 Å². The minimum Gasteiger partial charge on any atom is -0.397 e. The van der Waals surface area contributed by atoms with E-state index in [4.69, 9.17) is 5.73 Å². The first-order valence-corrected chi connectivity index (χ1v) is 7.82. The maximum Gasteiger partial charge on any atom is 0.271 e. The number of carbonyl (C=O) groups excluding carboxylic acids is 1. The molecule has 0 spiro atoms. The summed E-state index contributed by atoms with van der Waals surface area (Å²) in [6.07, 6.45) is 3.93. The zero-order valence-electron chi connectivity index (χ0n) is 11.9. The van der Waals surface area contributed by atoms with Gasteiger partial charge in [-0.25, -0.2) is 0 Å². The summed E-state index contributed by atoms with van der Waals surface area (Å²) in [5.41, 5.74) is 8.18. The van der Waals surface area contributed by atoms with Gasteiger partial charge in [-0.2, -0.15) is 0 Å². The van der Waals surface area contributed by atoms with Gasteiger partial charge in [0, 0.05) is 30.3 Å². The van der Waals surface area contributed by atoms with Gasteiger partial charge in [0.1, 0.15) is 5.69 Å². The third kappa shape index (κ3) is 2.97. The van der Waals surface area contributed by atoms with Crippen molar-refractivity contribution in [3.8, 4) is 0 Å². The van der Waals surface area contributed by atoms with Crippen molar-refractivity contribution in [1.82, 2.24) is 9.47 Å². The third-order valence-corrected chi connectivity index (χ3v) is 4.57. The molecule has 5 heteroatoms. The molecule has 1 fully saturated rings. The molecule has 0 atom stereocenters. The number of hydrogen-bond donors (Lipinski definition) is 1.